The van der Waals surface area contributed by atoms with Gasteiger partial charge in [0.25, 0.3) is 0 Å². The van der Waals surface area contributed by atoms with Gasteiger partial charge in [0.05, 0.1) is 22.2 Å². The number of hydrogen-bond acceptors (Lipinski definition) is 4. The van der Waals surface area contributed by atoms with Crippen LogP contribution in [-0.4, -0.2) is 48.9 Å². The molecule has 1 saturated heterocycles. The molecule has 1 aliphatic heterocycles. The Kier molecular flexibility index (Phi) is 8.16. The van der Waals surface area contributed by atoms with Crippen LogP contribution in [0.2, 0.25) is 15.1 Å². The summed E-state index contributed by atoms with van der Waals surface area (Å²) >= 11 is 18.0. The van der Waals surface area contributed by atoms with Crippen molar-refractivity contribution in [1.29, 1.82) is 0 Å². The third kappa shape index (κ3) is 5.63. The maximum Gasteiger partial charge on any atom is 0.328 e. The number of methoxy groups -OCH3 is 1. The molecule has 28 heavy (non-hydrogen) atoms. The van der Waals surface area contributed by atoms with Gasteiger partial charge in [-0.15, -0.1) is 0 Å². The zero-order valence-electron chi connectivity index (χ0n) is 15.5. The number of rotatable bonds is 5. The topological polar surface area (TPSA) is 75.7 Å². The van der Waals surface area contributed by atoms with E-state index in [4.69, 9.17) is 34.8 Å². The summed E-state index contributed by atoms with van der Waals surface area (Å²) in [6.45, 7) is 2.47. The van der Waals surface area contributed by atoms with Gasteiger partial charge < -0.3 is 15.0 Å². The van der Waals surface area contributed by atoms with Gasteiger partial charge >= 0.3 is 5.97 Å². The number of piperidine rings is 1. The lowest BCUT2D eigenvalue weighted by Crippen LogP contribution is -2.46. The van der Waals surface area contributed by atoms with Crippen LogP contribution < -0.4 is 5.32 Å². The first kappa shape index (κ1) is 22.5. The van der Waals surface area contributed by atoms with Gasteiger partial charge in [0.1, 0.15) is 6.04 Å². The minimum absolute atomic E-state index is 0.177. The smallest absolute Gasteiger partial charge is 0.328 e. The Morgan fingerprint density at radius 1 is 1.18 bits per heavy atom. The van der Waals surface area contributed by atoms with Crippen molar-refractivity contribution in [3.05, 3.63) is 38.8 Å². The second kappa shape index (κ2) is 10.1. The molecule has 1 fully saturated rings. The summed E-state index contributed by atoms with van der Waals surface area (Å²) in [7, 11) is 1.27. The minimum atomic E-state index is -0.698. The van der Waals surface area contributed by atoms with Gasteiger partial charge in [-0.1, -0.05) is 40.9 Å². The normalized spacial score (nSPS) is 16.1. The summed E-state index contributed by atoms with van der Waals surface area (Å²) < 4.78 is 4.60. The van der Waals surface area contributed by atoms with Crippen LogP contribution in [0.25, 0.3) is 6.08 Å². The Bertz CT molecular complexity index is 790. The molecule has 0 spiro atoms. The van der Waals surface area contributed by atoms with E-state index < -0.39 is 12.0 Å². The van der Waals surface area contributed by atoms with E-state index in [9.17, 15) is 14.4 Å². The van der Waals surface area contributed by atoms with Gasteiger partial charge in [0.2, 0.25) is 11.8 Å². The summed E-state index contributed by atoms with van der Waals surface area (Å²) in [4.78, 5) is 37.7. The molecule has 2 amide bonds. The molecule has 1 aromatic carbocycles. The standard InChI is InChI=1S/C19H21Cl3N2O4/c1-11(19(27)28-2)23-18(26)13-7-9-24(10-8-13)15(25)6-4-12-3-5-14(20)17(22)16(12)21/h3-6,11,13H,7-10H2,1-2H3,(H,23,26). The number of ether oxygens (including phenoxy) is 1. The van der Waals surface area contributed by atoms with Crippen molar-refractivity contribution in [1.82, 2.24) is 10.2 Å². The number of nitrogens with zero attached hydrogens (tertiary/aromatic N) is 1. The molecule has 152 valence electrons. The Balaban J connectivity index is 1.89. The van der Waals surface area contributed by atoms with Crippen LogP contribution in [0.5, 0.6) is 0 Å². The Hall–Kier alpha value is -1.76. The number of carbonyl (C=O) groups excluding carboxylic acids is 3. The summed E-state index contributed by atoms with van der Waals surface area (Å²) in [5, 5.41) is 3.51. The average molecular weight is 448 g/mol. The highest BCUT2D eigenvalue weighted by Crippen LogP contribution is 2.33. The monoisotopic (exact) mass is 446 g/mol. The van der Waals surface area contributed by atoms with Crippen molar-refractivity contribution < 1.29 is 19.1 Å². The Morgan fingerprint density at radius 2 is 1.82 bits per heavy atom. The fraction of sp³-hybridized carbons (Fsp3) is 0.421. The van der Waals surface area contributed by atoms with Gasteiger partial charge in [-0.25, -0.2) is 4.79 Å². The lowest BCUT2D eigenvalue weighted by Gasteiger charge is -2.31. The van der Waals surface area contributed by atoms with Crippen molar-refractivity contribution in [3.8, 4) is 0 Å². The summed E-state index contributed by atoms with van der Waals surface area (Å²) in [6, 6.07) is 2.59. The SMILES string of the molecule is COC(=O)C(C)NC(=O)C1CCN(C(=O)C=Cc2ccc(Cl)c(Cl)c2Cl)CC1. The number of carbonyl (C=O) groups is 3. The van der Waals surface area contributed by atoms with Crippen LogP contribution in [0, 0.1) is 5.92 Å². The average Bonchev–Trinajstić information content (AvgIpc) is 2.70. The number of nitrogens with one attached hydrogen (secondary N) is 1. The zero-order valence-corrected chi connectivity index (χ0v) is 17.8. The molecular formula is C19H21Cl3N2O4. The predicted octanol–water partition coefficient (Wildman–Crippen LogP) is 3.58. The molecule has 0 aliphatic carbocycles. The molecule has 1 N–H and O–H groups in total. The largest absolute Gasteiger partial charge is 0.467 e. The number of esters is 1. The summed E-state index contributed by atoms with van der Waals surface area (Å²) in [5.41, 5.74) is 0.593. The molecule has 1 atom stereocenters. The van der Waals surface area contributed by atoms with Crippen LogP contribution in [0.4, 0.5) is 0 Å². The highest BCUT2D eigenvalue weighted by molar-refractivity contribution is 6.48. The maximum absolute atomic E-state index is 12.4. The second-order valence-electron chi connectivity index (χ2n) is 6.45. The number of likely N-dealkylation sites (tertiary alicyclic amines) is 1. The minimum Gasteiger partial charge on any atom is -0.467 e. The summed E-state index contributed by atoms with van der Waals surface area (Å²) in [6.07, 6.45) is 4.05. The Morgan fingerprint density at radius 3 is 2.43 bits per heavy atom. The van der Waals surface area contributed by atoms with Crippen LogP contribution in [0.3, 0.4) is 0 Å². The molecule has 0 aromatic heterocycles. The van der Waals surface area contributed by atoms with E-state index >= 15 is 0 Å². The van der Waals surface area contributed by atoms with E-state index in [1.807, 2.05) is 0 Å². The molecule has 2 rings (SSSR count). The zero-order chi connectivity index (χ0) is 20.8. The molecule has 9 heteroatoms. The second-order valence-corrected chi connectivity index (χ2v) is 7.61. The first-order valence-electron chi connectivity index (χ1n) is 8.73. The first-order chi connectivity index (χ1) is 13.2. The molecule has 1 aromatic rings. The molecule has 1 aliphatic rings. The van der Waals surface area contributed by atoms with Crippen molar-refractivity contribution in [2.45, 2.75) is 25.8 Å². The van der Waals surface area contributed by atoms with Crippen molar-refractivity contribution in [2.75, 3.05) is 20.2 Å². The van der Waals surface area contributed by atoms with Gasteiger partial charge in [-0.05, 0) is 37.5 Å². The lowest BCUT2D eigenvalue weighted by atomic mass is 9.95. The highest BCUT2D eigenvalue weighted by Gasteiger charge is 2.28. The maximum atomic E-state index is 12.4. The highest BCUT2D eigenvalue weighted by atomic mass is 35.5. The fourth-order valence-electron chi connectivity index (χ4n) is 2.87. The van der Waals surface area contributed by atoms with Crippen molar-refractivity contribution in [2.24, 2.45) is 5.92 Å². The fourth-order valence-corrected chi connectivity index (χ4v) is 3.47. The van der Waals surface area contributed by atoms with E-state index in [0.29, 0.717) is 36.5 Å². The molecule has 0 radical (unpaired) electrons. The molecule has 0 bridgehead atoms. The van der Waals surface area contributed by atoms with Crippen LogP contribution in [0.1, 0.15) is 25.3 Å². The van der Waals surface area contributed by atoms with Crippen LogP contribution >= 0.6 is 34.8 Å². The molecule has 1 heterocycles. The number of amides is 2. The Labute approximate surface area is 178 Å². The molecular weight excluding hydrogens is 427 g/mol. The molecule has 1 unspecified atom stereocenters. The molecule has 6 nitrogen and oxygen atoms in total. The predicted molar refractivity (Wildman–Crippen MR) is 109 cm³/mol. The van der Waals surface area contributed by atoms with Crippen LogP contribution in [-0.2, 0) is 19.1 Å². The van der Waals surface area contributed by atoms with E-state index in [0.717, 1.165) is 0 Å². The lowest BCUT2D eigenvalue weighted by molar-refractivity contribution is -0.145. The number of halogens is 3. The van der Waals surface area contributed by atoms with Gasteiger partial charge in [0, 0.05) is 25.1 Å². The third-order valence-corrected chi connectivity index (χ3v) is 5.87. The third-order valence-electron chi connectivity index (χ3n) is 4.56. The molecule has 0 saturated carbocycles. The van der Waals surface area contributed by atoms with Crippen molar-refractivity contribution in [3.63, 3.8) is 0 Å². The van der Waals surface area contributed by atoms with E-state index in [1.165, 1.54) is 13.2 Å². The van der Waals surface area contributed by atoms with Crippen LogP contribution in [0.15, 0.2) is 18.2 Å². The van der Waals surface area contributed by atoms with E-state index in [-0.39, 0.29) is 27.8 Å². The van der Waals surface area contributed by atoms with Crippen molar-refractivity contribution >= 4 is 58.7 Å². The first-order valence-corrected chi connectivity index (χ1v) is 9.86. The van der Waals surface area contributed by atoms with Gasteiger partial charge in [0.15, 0.2) is 0 Å². The number of hydrogen-bond donors (Lipinski definition) is 1. The quantitative estimate of drug-likeness (QED) is 0.425. The van der Waals surface area contributed by atoms with E-state index in [1.54, 1.807) is 30.0 Å². The van der Waals surface area contributed by atoms with Gasteiger partial charge in [-0.3, -0.25) is 9.59 Å². The van der Waals surface area contributed by atoms with Gasteiger partial charge in [-0.2, -0.15) is 0 Å². The van der Waals surface area contributed by atoms with E-state index in [2.05, 4.69) is 10.1 Å². The summed E-state index contributed by atoms with van der Waals surface area (Å²) in [5.74, 6) is -1.12. The number of benzene rings is 1.